The molecule has 1 atom stereocenters. The Bertz CT molecular complexity index is 1140. The van der Waals surface area contributed by atoms with Gasteiger partial charge in [0.25, 0.3) is 5.91 Å². The van der Waals surface area contributed by atoms with Crippen molar-refractivity contribution in [1.82, 2.24) is 5.32 Å². The largest absolute Gasteiger partial charge is 0.490 e. The quantitative estimate of drug-likeness (QED) is 0.718. The van der Waals surface area contributed by atoms with E-state index in [9.17, 15) is 9.59 Å². The predicted molar refractivity (Wildman–Crippen MR) is 103 cm³/mol. The van der Waals surface area contributed by atoms with E-state index in [-0.39, 0.29) is 17.1 Å². The molecule has 0 fully saturated rings. The number of hydrogen-bond donors (Lipinski definition) is 1. The van der Waals surface area contributed by atoms with Gasteiger partial charge in [-0.15, -0.1) is 0 Å². The van der Waals surface area contributed by atoms with Crippen LogP contribution in [0.15, 0.2) is 58.3 Å². The van der Waals surface area contributed by atoms with E-state index in [1.54, 1.807) is 12.1 Å². The molecule has 136 valence electrons. The van der Waals surface area contributed by atoms with Crippen molar-refractivity contribution in [2.24, 2.45) is 0 Å². The highest BCUT2D eigenvalue weighted by Crippen LogP contribution is 2.33. The zero-order chi connectivity index (χ0) is 19.1. The molecule has 1 amide bonds. The molecule has 1 aliphatic rings. The van der Waals surface area contributed by atoms with Crippen molar-refractivity contribution in [3.05, 3.63) is 87.3 Å². The second-order valence-corrected chi connectivity index (χ2v) is 6.64. The predicted octanol–water partition coefficient (Wildman–Crippen LogP) is 3.81. The van der Waals surface area contributed by atoms with E-state index in [2.05, 4.69) is 11.9 Å². The van der Waals surface area contributed by atoms with E-state index in [1.807, 2.05) is 44.2 Å². The lowest BCUT2D eigenvalue weighted by Crippen LogP contribution is -2.22. The van der Waals surface area contributed by atoms with Gasteiger partial charge in [0, 0.05) is 0 Å². The van der Waals surface area contributed by atoms with Gasteiger partial charge in [0.1, 0.15) is 17.9 Å². The third kappa shape index (κ3) is 2.72. The van der Waals surface area contributed by atoms with Gasteiger partial charge in [-0.25, -0.2) is 0 Å². The molecule has 3 aromatic rings. The summed E-state index contributed by atoms with van der Waals surface area (Å²) in [5.74, 6) is 0.350. The highest BCUT2D eigenvalue weighted by Gasteiger charge is 2.36. The monoisotopic (exact) mass is 361 g/mol. The fourth-order valence-electron chi connectivity index (χ4n) is 3.39. The Labute approximate surface area is 156 Å². The first-order valence-corrected chi connectivity index (χ1v) is 8.72. The van der Waals surface area contributed by atoms with Gasteiger partial charge in [-0.05, 0) is 48.7 Å². The number of amides is 1. The molecule has 0 spiro atoms. The molecular weight excluding hydrogens is 342 g/mol. The van der Waals surface area contributed by atoms with E-state index < -0.39 is 6.04 Å². The van der Waals surface area contributed by atoms with Crippen LogP contribution in [0.4, 0.5) is 0 Å². The summed E-state index contributed by atoms with van der Waals surface area (Å²) >= 11 is 0. The van der Waals surface area contributed by atoms with Crippen LogP contribution in [-0.2, 0) is 0 Å². The summed E-state index contributed by atoms with van der Waals surface area (Å²) in [7, 11) is 0. The molecule has 5 nitrogen and oxygen atoms in total. The highest BCUT2D eigenvalue weighted by molar-refractivity contribution is 5.99. The average molecular weight is 361 g/mol. The van der Waals surface area contributed by atoms with Gasteiger partial charge in [0.05, 0.1) is 17.0 Å². The normalized spacial score (nSPS) is 15.5. The van der Waals surface area contributed by atoms with Gasteiger partial charge in [-0.3, -0.25) is 9.59 Å². The van der Waals surface area contributed by atoms with Crippen LogP contribution >= 0.6 is 0 Å². The zero-order valence-corrected chi connectivity index (χ0v) is 15.2. The number of carbonyl (C=O) groups excluding carboxylic acids is 1. The maximum absolute atomic E-state index is 13.2. The molecule has 1 unspecified atom stereocenters. The number of carbonyl (C=O) groups is 1. The number of nitrogens with one attached hydrogen (secondary N) is 1. The van der Waals surface area contributed by atoms with Crippen molar-refractivity contribution < 1.29 is 13.9 Å². The average Bonchev–Trinajstić information content (AvgIpc) is 3.01. The Hall–Kier alpha value is -3.34. The van der Waals surface area contributed by atoms with Crippen LogP contribution in [0, 0.1) is 13.8 Å². The number of ether oxygens (including phenoxy) is 1. The molecule has 0 saturated heterocycles. The van der Waals surface area contributed by atoms with Crippen LogP contribution < -0.4 is 15.5 Å². The maximum Gasteiger partial charge on any atom is 0.288 e. The topological polar surface area (TPSA) is 68.5 Å². The standard InChI is InChI=1S/C22H19NO4/c1-4-10-26-15-7-5-6-14(11-15)18-17-19(24)16-9-8-12(2)13(3)20(16)27-21(17)22(25)23-18/h4-9,11,18H,1,10H2,2-3H3,(H,23,25). The lowest BCUT2D eigenvalue weighted by Gasteiger charge is -2.13. The first kappa shape index (κ1) is 17.1. The van der Waals surface area contributed by atoms with Gasteiger partial charge in [-0.1, -0.05) is 30.9 Å². The van der Waals surface area contributed by atoms with Crippen LogP contribution in [0.5, 0.6) is 5.75 Å². The van der Waals surface area contributed by atoms with Crippen LogP contribution in [0.1, 0.15) is 38.9 Å². The second kappa shape index (κ2) is 6.43. The Balaban J connectivity index is 1.89. The molecule has 2 aromatic carbocycles. The molecule has 0 radical (unpaired) electrons. The first-order chi connectivity index (χ1) is 13.0. The van der Waals surface area contributed by atoms with Gasteiger partial charge in [0.15, 0.2) is 5.43 Å². The zero-order valence-electron chi connectivity index (χ0n) is 15.2. The molecule has 1 aliphatic heterocycles. The second-order valence-electron chi connectivity index (χ2n) is 6.64. The van der Waals surface area contributed by atoms with Gasteiger partial charge < -0.3 is 14.5 Å². The van der Waals surface area contributed by atoms with Crippen molar-refractivity contribution in [2.45, 2.75) is 19.9 Å². The van der Waals surface area contributed by atoms with Gasteiger partial charge in [0.2, 0.25) is 5.76 Å². The summed E-state index contributed by atoms with van der Waals surface area (Å²) in [6, 6.07) is 10.4. The third-order valence-corrected chi connectivity index (χ3v) is 4.94. The van der Waals surface area contributed by atoms with E-state index in [0.717, 1.165) is 16.7 Å². The molecular formula is C22H19NO4. The SMILES string of the molecule is C=CCOc1cccc(C2NC(=O)c3oc4c(C)c(C)ccc4c(=O)c32)c1. The van der Waals surface area contributed by atoms with Crippen molar-refractivity contribution in [1.29, 1.82) is 0 Å². The first-order valence-electron chi connectivity index (χ1n) is 8.72. The van der Waals surface area contributed by atoms with Crippen LogP contribution in [0.25, 0.3) is 11.0 Å². The third-order valence-electron chi connectivity index (χ3n) is 4.94. The van der Waals surface area contributed by atoms with E-state index in [1.165, 1.54) is 0 Å². The summed E-state index contributed by atoms with van der Waals surface area (Å²) in [6.07, 6.45) is 1.66. The molecule has 4 rings (SSSR count). The molecule has 0 bridgehead atoms. The smallest absolute Gasteiger partial charge is 0.288 e. The molecule has 27 heavy (non-hydrogen) atoms. The summed E-state index contributed by atoms with van der Waals surface area (Å²) in [6.45, 7) is 7.84. The van der Waals surface area contributed by atoms with Crippen LogP contribution in [0.3, 0.4) is 0 Å². The highest BCUT2D eigenvalue weighted by atomic mass is 16.5. The van der Waals surface area contributed by atoms with Crippen molar-refractivity contribution >= 4 is 16.9 Å². The van der Waals surface area contributed by atoms with Crippen molar-refractivity contribution in [3.8, 4) is 5.75 Å². The Morgan fingerprint density at radius 2 is 2.04 bits per heavy atom. The Morgan fingerprint density at radius 1 is 1.22 bits per heavy atom. The molecule has 5 heteroatoms. The molecule has 1 N–H and O–H groups in total. The van der Waals surface area contributed by atoms with Gasteiger partial charge >= 0.3 is 0 Å². The number of rotatable bonds is 4. The molecule has 0 saturated carbocycles. The van der Waals surface area contributed by atoms with Gasteiger partial charge in [-0.2, -0.15) is 0 Å². The summed E-state index contributed by atoms with van der Waals surface area (Å²) in [4.78, 5) is 25.7. The van der Waals surface area contributed by atoms with E-state index >= 15 is 0 Å². The number of benzene rings is 2. The summed E-state index contributed by atoms with van der Waals surface area (Å²) < 4.78 is 11.5. The number of fused-ring (bicyclic) bond motifs is 2. The Kier molecular flexibility index (Phi) is 4.07. The fraction of sp³-hybridized carbons (Fsp3) is 0.182. The van der Waals surface area contributed by atoms with Crippen LogP contribution in [0.2, 0.25) is 0 Å². The lowest BCUT2D eigenvalue weighted by atomic mass is 9.98. The molecule has 1 aromatic heterocycles. The maximum atomic E-state index is 13.2. The number of hydrogen-bond acceptors (Lipinski definition) is 4. The van der Waals surface area contributed by atoms with E-state index in [0.29, 0.717) is 28.9 Å². The molecule has 0 aliphatic carbocycles. The number of aryl methyl sites for hydroxylation is 2. The minimum Gasteiger partial charge on any atom is -0.490 e. The molecule has 2 heterocycles. The minimum atomic E-state index is -0.568. The van der Waals surface area contributed by atoms with Crippen molar-refractivity contribution in [3.63, 3.8) is 0 Å². The Morgan fingerprint density at radius 3 is 2.81 bits per heavy atom. The minimum absolute atomic E-state index is 0.0867. The summed E-state index contributed by atoms with van der Waals surface area (Å²) in [5.41, 5.74) is 3.26. The summed E-state index contributed by atoms with van der Waals surface area (Å²) in [5, 5.41) is 3.34. The van der Waals surface area contributed by atoms with E-state index in [4.69, 9.17) is 9.15 Å². The fourth-order valence-corrected chi connectivity index (χ4v) is 3.39. The van der Waals surface area contributed by atoms with Crippen LogP contribution in [-0.4, -0.2) is 12.5 Å². The van der Waals surface area contributed by atoms with Crippen molar-refractivity contribution in [2.75, 3.05) is 6.61 Å². The lowest BCUT2D eigenvalue weighted by molar-refractivity contribution is 0.0938.